The van der Waals surface area contributed by atoms with E-state index in [0.717, 1.165) is 21.3 Å². The summed E-state index contributed by atoms with van der Waals surface area (Å²) in [6.07, 6.45) is 0. The Morgan fingerprint density at radius 1 is 1.24 bits per heavy atom. The molecule has 0 heterocycles. The number of rotatable bonds is 4. The number of carbonyl (C=O) groups is 1. The number of anilines is 2. The van der Waals surface area contributed by atoms with Gasteiger partial charge in [-0.1, -0.05) is 39.7 Å². The molecule has 0 radical (unpaired) electrons. The summed E-state index contributed by atoms with van der Waals surface area (Å²) in [6, 6.07) is 11.5. The average Bonchev–Trinajstić information content (AvgIpc) is 2.40. The highest BCUT2D eigenvalue weighted by Crippen LogP contribution is 2.27. The lowest BCUT2D eigenvalue weighted by molar-refractivity contribution is -0.114. The van der Waals surface area contributed by atoms with Crippen molar-refractivity contribution in [3.8, 4) is 0 Å². The van der Waals surface area contributed by atoms with Gasteiger partial charge in [-0.05, 0) is 49.2 Å². The Labute approximate surface area is 137 Å². The summed E-state index contributed by atoms with van der Waals surface area (Å²) < 4.78 is 0.963. The van der Waals surface area contributed by atoms with Crippen molar-refractivity contribution in [1.29, 1.82) is 0 Å². The van der Waals surface area contributed by atoms with Gasteiger partial charge < -0.3 is 10.6 Å². The van der Waals surface area contributed by atoms with Gasteiger partial charge in [0.2, 0.25) is 5.91 Å². The summed E-state index contributed by atoms with van der Waals surface area (Å²) in [5, 5.41) is 6.47. The minimum absolute atomic E-state index is 0.135. The van der Waals surface area contributed by atoms with Crippen molar-refractivity contribution in [2.75, 3.05) is 17.2 Å². The highest BCUT2D eigenvalue weighted by Gasteiger charge is 2.09. The smallest absolute Gasteiger partial charge is 0.243 e. The zero-order chi connectivity index (χ0) is 15.4. The lowest BCUT2D eigenvalue weighted by Crippen LogP contribution is -2.22. The van der Waals surface area contributed by atoms with Crippen LogP contribution in [-0.2, 0) is 4.79 Å². The first-order chi connectivity index (χ1) is 9.95. The molecular weight excluding hydrogens is 352 g/mol. The zero-order valence-corrected chi connectivity index (χ0v) is 14.2. The molecule has 2 rings (SSSR count). The number of hydrogen-bond donors (Lipinski definition) is 2. The van der Waals surface area contributed by atoms with Gasteiger partial charge in [0.25, 0.3) is 0 Å². The molecule has 0 saturated carbocycles. The van der Waals surface area contributed by atoms with Gasteiger partial charge >= 0.3 is 0 Å². The van der Waals surface area contributed by atoms with Gasteiger partial charge in [0.05, 0.1) is 17.3 Å². The van der Waals surface area contributed by atoms with Crippen LogP contribution in [0.4, 0.5) is 11.4 Å². The van der Waals surface area contributed by atoms with Crippen LogP contribution >= 0.6 is 27.5 Å². The molecule has 0 saturated heterocycles. The molecule has 2 N–H and O–H groups in total. The Morgan fingerprint density at radius 3 is 2.67 bits per heavy atom. The molecule has 1 amide bonds. The number of benzene rings is 2. The van der Waals surface area contributed by atoms with Crippen molar-refractivity contribution in [2.45, 2.75) is 13.8 Å². The average molecular weight is 368 g/mol. The second-order valence-corrected chi connectivity index (χ2v) is 6.17. The molecule has 0 unspecified atom stereocenters. The van der Waals surface area contributed by atoms with E-state index < -0.39 is 0 Å². The van der Waals surface area contributed by atoms with E-state index in [1.807, 2.05) is 50.2 Å². The molecule has 2 aromatic carbocycles. The monoisotopic (exact) mass is 366 g/mol. The van der Waals surface area contributed by atoms with Crippen LogP contribution in [0.25, 0.3) is 0 Å². The van der Waals surface area contributed by atoms with E-state index in [1.165, 1.54) is 0 Å². The van der Waals surface area contributed by atoms with E-state index in [-0.39, 0.29) is 12.5 Å². The Hall–Kier alpha value is -1.52. The van der Waals surface area contributed by atoms with Crippen LogP contribution < -0.4 is 10.6 Å². The van der Waals surface area contributed by atoms with Crippen molar-refractivity contribution >= 4 is 44.8 Å². The number of amides is 1. The topological polar surface area (TPSA) is 41.1 Å². The van der Waals surface area contributed by atoms with E-state index in [0.29, 0.717) is 10.7 Å². The minimum Gasteiger partial charge on any atom is -0.376 e. The highest BCUT2D eigenvalue weighted by atomic mass is 79.9. The summed E-state index contributed by atoms with van der Waals surface area (Å²) in [5.74, 6) is -0.135. The number of aryl methyl sites for hydroxylation is 2. The molecule has 0 bridgehead atoms. The standard InChI is InChI=1S/C16H16BrClN2O/c1-10-6-11(2)16(14(18)7-10)20-15(21)9-19-13-5-3-4-12(17)8-13/h3-8,19H,9H2,1-2H3,(H,20,21). The van der Waals surface area contributed by atoms with E-state index >= 15 is 0 Å². The normalized spacial score (nSPS) is 10.3. The van der Waals surface area contributed by atoms with Gasteiger partial charge in [-0.25, -0.2) is 0 Å². The van der Waals surface area contributed by atoms with Crippen LogP contribution in [0.15, 0.2) is 40.9 Å². The summed E-state index contributed by atoms with van der Waals surface area (Å²) in [5.41, 5.74) is 3.58. The summed E-state index contributed by atoms with van der Waals surface area (Å²) >= 11 is 9.57. The fourth-order valence-corrected chi connectivity index (χ4v) is 2.81. The first-order valence-electron chi connectivity index (χ1n) is 6.52. The fourth-order valence-electron chi connectivity index (χ4n) is 2.04. The zero-order valence-electron chi connectivity index (χ0n) is 11.8. The van der Waals surface area contributed by atoms with E-state index in [9.17, 15) is 4.79 Å². The van der Waals surface area contributed by atoms with Crippen LogP contribution in [0.2, 0.25) is 5.02 Å². The molecule has 5 heteroatoms. The maximum Gasteiger partial charge on any atom is 0.243 e. The molecule has 3 nitrogen and oxygen atoms in total. The van der Waals surface area contributed by atoms with Crippen LogP contribution in [0.1, 0.15) is 11.1 Å². The van der Waals surface area contributed by atoms with E-state index in [4.69, 9.17) is 11.6 Å². The third-order valence-corrected chi connectivity index (χ3v) is 3.77. The predicted molar refractivity (Wildman–Crippen MR) is 92.2 cm³/mol. The minimum atomic E-state index is -0.135. The maximum atomic E-state index is 12.0. The Bertz CT molecular complexity index is 650. The third kappa shape index (κ3) is 4.48. The van der Waals surface area contributed by atoms with Crippen LogP contribution in [0.3, 0.4) is 0 Å². The summed E-state index contributed by atoms with van der Waals surface area (Å²) in [4.78, 5) is 12.0. The van der Waals surface area contributed by atoms with Gasteiger partial charge in [-0.15, -0.1) is 0 Å². The second-order valence-electron chi connectivity index (χ2n) is 4.85. The van der Waals surface area contributed by atoms with Crippen LogP contribution in [0.5, 0.6) is 0 Å². The van der Waals surface area contributed by atoms with Crippen LogP contribution in [0, 0.1) is 13.8 Å². The van der Waals surface area contributed by atoms with Gasteiger partial charge in [0, 0.05) is 10.2 Å². The van der Waals surface area contributed by atoms with Gasteiger partial charge in [0.15, 0.2) is 0 Å². The molecule has 0 aliphatic carbocycles. The Kier molecular flexibility index (Phi) is 5.26. The van der Waals surface area contributed by atoms with Crippen molar-refractivity contribution in [2.24, 2.45) is 0 Å². The lowest BCUT2D eigenvalue weighted by atomic mass is 10.1. The molecule has 21 heavy (non-hydrogen) atoms. The molecule has 0 atom stereocenters. The number of hydrogen-bond acceptors (Lipinski definition) is 2. The van der Waals surface area contributed by atoms with Crippen molar-refractivity contribution in [3.05, 3.63) is 57.0 Å². The molecule has 2 aromatic rings. The second kappa shape index (κ2) is 6.96. The molecule has 0 aromatic heterocycles. The third-order valence-electron chi connectivity index (χ3n) is 2.97. The first-order valence-corrected chi connectivity index (χ1v) is 7.69. The summed E-state index contributed by atoms with van der Waals surface area (Å²) in [7, 11) is 0. The van der Waals surface area contributed by atoms with Crippen molar-refractivity contribution < 1.29 is 4.79 Å². The van der Waals surface area contributed by atoms with E-state index in [2.05, 4.69) is 26.6 Å². The number of halogens is 2. The van der Waals surface area contributed by atoms with Gasteiger partial charge in [-0.2, -0.15) is 0 Å². The largest absolute Gasteiger partial charge is 0.376 e. The lowest BCUT2D eigenvalue weighted by Gasteiger charge is -2.12. The van der Waals surface area contributed by atoms with Crippen LogP contribution in [-0.4, -0.2) is 12.5 Å². The number of nitrogens with one attached hydrogen (secondary N) is 2. The molecule has 110 valence electrons. The quantitative estimate of drug-likeness (QED) is 0.817. The predicted octanol–water partition coefficient (Wildman–Crippen LogP) is 4.77. The van der Waals surface area contributed by atoms with Gasteiger partial charge in [0.1, 0.15) is 0 Å². The fraction of sp³-hybridized carbons (Fsp3) is 0.188. The Balaban J connectivity index is 1.99. The van der Waals surface area contributed by atoms with Crippen molar-refractivity contribution in [1.82, 2.24) is 0 Å². The summed E-state index contributed by atoms with van der Waals surface area (Å²) in [6.45, 7) is 4.08. The van der Waals surface area contributed by atoms with Crippen molar-refractivity contribution in [3.63, 3.8) is 0 Å². The van der Waals surface area contributed by atoms with Gasteiger partial charge in [-0.3, -0.25) is 4.79 Å². The molecule has 0 fully saturated rings. The Morgan fingerprint density at radius 2 is 2.00 bits per heavy atom. The first kappa shape index (κ1) is 15.9. The number of carbonyl (C=O) groups excluding carboxylic acids is 1. The molecule has 0 aliphatic rings. The molecule has 0 spiro atoms. The van der Waals surface area contributed by atoms with E-state index in [1.54, 1.807) is 0 Å². The maximum absolute atomic E-state index is 12.0. The SMILES string of the molecule is Cc1cc(C)c(NC(=O)CNc2cccc(Br)c2)c(Cl)c1. The molecule has 0 aliphatic heterocycles. The molecular formula is C16H16BrClN2O. The highest BCUT2D eigenvalue weighted by molar-refractivity contribution is 9.10.